The van der Waals surface area contributed by atoms with Gasteiger partial charge in [0.15, 0.2) is 0 Å². The van der Waals surface area contributed by atoms with E-state index in [2.05, 4.69) is 46.9 Å². The first-order valence-electron chi connectivity index (χ1n) is 6.73. The molecular weight excluding hydrogens is 307 g/mol. The van der Waals surface area contributed by atoms with Crippen LogP contribution in [0.15, 0.2) is 22.7 Å². The van der Waals surface area contributed by atoms with Crippen LogP contribution in [-0.2, 0) is 6.54 Å². The molecule has 19 heavy (non-hydrogen) atoms. The molecule has 0 atom stereocenters. The van der Waals surface area contributed by atoms with Crippen LogP contribution in [0.2, 0.25) is 0 Å². The van der Waals surface area contributed by atoms with E-state index in [1.54, 1.807) is 0 Å². The van der Waals surface area contributed by atoms with Crippen LogP contribution < -0.4 is 0 Å². The molecule has 0 heterocycles. The van der Waals surface area contributed by atoms with Crippen LogP contribution in [0, 0.1) is 5.82 Å². The highest BCUT2D eigenvalue weighted by Gasteiger charge is 2.39. The van der Waals surface area contributed by atoms with E-state index < -0.39 is 0 Å². The second kappa shape index (κ2) is 5.90. The summed E-state index contributed by atoms with van der Waals surface area (Å²) in [6.45, 7) is 1.90. The molecule has 0 N–H and O–H groups in total. The molecule has 0 unspecified atom stereocenters. The van der Waals surface area contributed by atoms with Crippen LogP contribution in [-0.4, -0.2) is 43.0 Å². The van der Waals surface area contributed by atoms with Gasteiger partial charge in [-0.05, 0) is 58.1 Å². The van der Waals surface area contributed by atoms with Crippen molar-refractivity contribution in [1.29, 1.82) is 0 Å². The van der Waals surface area contributed by atoms with Crippen molar-refractivity contribution < 1.29 is 4.39 Å². The summed E-state index contributed by atoms with van der Waals surface area (Å²) < 4.78 is 13.9. The van der Waals surface area contributed by atoms with E-state index >= 15 is 0 Å². The number of nitrogens with zero attached hydrogens (tertiary/aromatic N) is 2. The van der Waals surface area contributed by atoms with Gasteiger partial charge in [0.25, 0.3) is 0 Å². The van der Waals surface area contributed by atoms with Crippen molar-refractivity contribution in [3.05, 3.63) is 34.1 Å². The van der Waals surface area contributed by atoms with E-state index in [1.165, 1.54) is 31.4 Å². The molecule has 2 rings (SSSR count). The highest BCUT2D eigenvalue weighted by atomic mass is 79.9. The maximum Gasteiger partial charge on any atom is 0.124 e. The molecule has 4 heteroatoms. The maximum absolute atomic E-state index is 13.1. The number of benzene rings is 1. The van der Waals surface area contributed by atoms with E-state index in [9.17, 15) is 4.39 Å². The minimum Gasteiger partial charge on any atom is -0.302 e. The fourth-order valence-electron chi connectivity index (χ4n) is 2.83. The molecule has 0 bridgehead atoms. The van der Waals surface area contributed by atoms with Crippen LogP contribution in [0.1, 0.15) is 24.8 Å². The van der Waals surface area contributed by atoms with Gasteiger partial charge in [0, 0.05) is 23.1 Å². The lowest BCUT2D eigenvalue weighted by atomic mass is 9.75. The summed E-state index contributed by atoms with van der Waals surface area (Å²) in [6.07, 6.45) is 3.87. The highest BCUT2D eigenvalue weighted by molar-refractivity contribution is 9.10. The van der Waals surface area contributed by atoms with E-state index in [0.717, 1.165) is 23.1 Å². The molecule has 0 aliphatic heterocycles. The second-order valence-corrected chi connectivity index (χ2v) is 6.73. The SMILES string of the molecule is CN(Cc1ccc(F)cc1Br)CC1(N(C)C)CCC1. The molecule has 0 spiro atoms. The van der Waals surface area contributed by atoms with Crippen molar-refractivity contribution in [2.75, 3.05) is 27.7 Å². The predicted molar refractivity (Wildman–Crippen MR) is 80.7 cm³/mol. The van der Waals surface area contributed by atoms with Crippen LogP contribution in [0.25, 0.3) is 0 Å². The van der Waals surface area contributed by atoms with Gasteiger partial charge >= 0.3 is 0 Å². The van der Waals surface area contributed by atoms with Crippen molar-refractivity contribution in [3.63, 3.8) is 0 Å². The topological polar surface area (TPSA) is 6.48 Å². The Morgan fingerprint density at radius 2 is 1.95 bits per heavy atom. The van der Waals surface area contributed by atoms with Crippen LogP contribution in [0.4, 0.5) is 4.39 Å². The van der Waals surface area contributed by atoms with Crippen molar-refractivity contribution in [2.24, 2.45) is 0 Å². The van der Waals surface area contributed by atoms with Gasteiger partial charge in [0.1, 0.15) is 5.82 Å². The lowest BCUT2D eigenvalue weighted by Crippen LogP contribution is -2.56. The Morgan fingerprint density at radius 3 is 2.42 bits per heavy atom. The summed E-state index contributed by atoms with van der Waals surface area (Å²) in [6, 6.07) is 4.92. The third kappa shape index (κ3) is 3.36. The minimum absolute atomic E-state index is 0.193. The van der Waals surface area contributed by atoms with E-state index in [-0.39, 0.29) is 5.82 Å². The predicted octanol–water partition coefficient (Wildman–Crippen LogP) is 3.50. The summed E-state index contributed by atoms with van der Waals surface area (Å²) in [7, 11) is 6.47. The highest BCUT2D eigenvalue weighted by Crippen LogP contribution is 2.37. The average molecular weight is 329 g/mol. The number of likely N-dealkylation sites (N-methyl/N-ethyl adjacent to an activating group) is 2. The standard InChI is InChI=1S/C15H22BrFN2/c1-18(2)15(7-4-8-15)11-19(3)10-12-5-6-13(17)9-14(12)16/h5-6,9H,4,7-8,10-11H2,1-3H3. The van der Waals surface area contributed by atoms with Crippen molar-refractivity contribution in [2.45, 2.75) is 31.3 Å². The Kier molecular flexibility index (Phi) is 4.64. The minimum atomic E-state index is -0.193. The molecule has 1 saturated carbocycles. The van der Waals surface area contributed by atoms with Crippen molar-refractivity contribution >= 4 is 15.9 Å². The average Bonchev–Trinajstić information content (AvgIpc) is 2.27. The molecule has 0 aromatic heterocycles. The second-order valence-electron chi connectivity index (χ2n) is 5.88. The van der Waals surface area contributed by atoms with E-state index in [1.807, 2.05) is 6.07 Å². The van der Waals surface area contributed by atoms with Crippen molar-refractivity contribution in [1.82, 2.24) is 9.80 Å². The van der Waals surface area contributed by atoms with Gasteiger partial charge in [-0.2, -0.15) is 0 Å². The van der Waals surface area contributed by atoms with Gasteiger partial charge in [0.2, 0.25) is 0 Å². The van der Waals surface area contributed by atoms with Crippen LogP contribution in [0.3, 0.4) is 0 Å². The van der Waals surface area contributed by atoms with Gasteiger partial charge in [0.05, 0.1) is 0 Å². The summed E-state index contributed by atoms with van der Waals surface area (Å²) in [5.74, 6) is -0.193. The monoisotopic (exact) mass is 328 g/mol. The number of hydrogen-bond acceptors (Lipinski definition) is 2. The first-order chi connectivity index (χ1) is 8.93. The molecular formula is C15H22BrFN2. The molecule has 2 nitrogen and oxygen atoms in total. The zero-order chi connectivity index (χ0) is 14.0. The molecule has 1 aromatic rings. The molecule has 0 saturated heterocycles. The normalized spacial score (nSPS) is 17.8. The largest absolute Gasteiger partial charge is 0.302 e. The van der Waals surface area contributed by atoms with Gasteiger partial charge in [-0.1, -0.05) is 22.0 Å². The molecule has 0 amide bonds. The van der Waals surface area contributed by atoms with Gasteiger partial charge in [-0.3, -0.25) is 0 Å². The Bertz CT molecular complexity index is 444. The van der Waals surface area contributed by atoms with Crippen LogP contribution in [0.5, 0.6) is 0 Å². The fraction of sp³-hybridized carbons (Fsp3) is 0.600. The zero-order valence-electron chi connectivity index (χ0n) is 11.9. The molecule has 106 valence electrons. The first-order valence-corrected chi connectivity index (χ1v) is 7.52. The third-order valence-corrected chi connectivity index (χ3v) is 4.99. The summed E-state index contributed by atoms with van der Waals surface area (Å²) in [4.78, 5) is 4.68. The Labute approximate surface area is 123 Å². The number of halogens is 2. The Morgan fingerprint density at radius 1 is 1.26 bits per heavy atom. The molecule has 0 radical (unpaired) electrons. The lowest BCUT2D eigenvalue weighted by molar-refractivity contribution is 0.0258. The number of rotatable bonds is 5. The van der Waals surface area contributed by atoms with Gasteiger partial charge in [-0.25, -0.2) is 4.39 Å². The summed E-state index contributed by atoms with van der Waals surface area (Å²) in [5.41, 5.74) is 1.47. The Balaban J connectivity index is 1.99. The molecule has 1 fully saturated rings. The summed E-state index contributed by atoms with van der Waals surface area (Å²) >= 11 is 3.44. The van der Waals surface area contributed by atoms with Gasteiger partial charge in [-0.15, -0.1) is 0 Å². The van der Waals surface area contributed by atoms with E-state index in [0.29, 0.717) is 5.54 Å². The smallest absolute Gasteiger partial charge is 0.124 e. The lowest BCUT2D eigenvalue weighted by Gasteiger charge is -2.49. The summed E-state index contributed by atoms with van der Waals surface area (Å²) in [5, 5.41) is 0. The third-order valence-electron chi connectivity index (χ3n) is 4.25. The zero-order valence-corrected chi connectivity index (χ0v) is 13.5. The van der Waals surface area contributed by atoms with Crippen molar-refractivity contribution in [3.8, 4) is 0 Å². The van der Waals surface area contributed by atoms with Crippen LogP contribution >= 0.6 is 15.9 Å². The fourth-order valence-corrected chi connectivity index (χ4v) is 3.31. The Hall–Kier alpha value is -0.450. The quantitative estimate of drug-likeness (QED) is 0.816. The van der Waals surface area contributed by atoms with Gasteiger partial charge < -0.3 is 9.80 Å². The molecule has 1 aliphatic carbocycles. The molecule has 1 aromatic carbocycles. The first kappa shape index (κ1) is 14.9. The maximum atomic E-state index is 13.1. The van der Waals surface area contributed by atoms with E-state index in [4.69, 9.17) is 0 Å². The molecule has 1 aliphatic rings. The number of hydrogen-bond donors (Lipinski definition) is 0.